The van der Waals surface area contributed by atoms with Crippen LogP contribution in [0.15, 0.2) is 24.3 Å². The monoisotopic (exact) mass is 418 g/mol. The Labute approximate surface area is 145 Å². The average molecular weight is 418 g/mol. The summed E-state index contributed by atoms with van der Waals surface area (Å²) in [6, 6.07) is 4.44. The van der Waals surface area contributed by atoms with Crippen molar-refractivity contribution in [2.75, 3.05) is 0 Å². The van der Waals surface area contributed by atoms with Crippen LogP contribution in [0.2, 0.25) is 0 Å². The van der Waals surface area contributed by atoms with Crippen molar-refractivity contribution in [1.29, 1.82) is 0 Å². The van der Waals surface area contributed by atoms with Crippen molar-refractivity contribution >= 4 is 0 Å². The van der Waals surface area contributed by atoms with E-state index in [0.29, 0.717) is 12.5 Å². The van der Waals surface area contributed by atoms with Crippen LogP contribution in [0.1, 0.15) is 24.5 Å². The summed E-state index contributed by atoms with van der Waals surface area (Å²) < 4.78 is 143. The highest BCUT2D eigenvalue weighted by Crippen LogP contribution is 2.58. The fourth-order valence-corrected chi connectivity index (χ4v) is 2.16. The minimum atomic E-state index is -7.48. The molecule has 1 aromatic rings. The van der Waals surface area contributed by atoms with Gasteiger partial charge in [0.25, 0.3) is 0 Å². The van der Waals surface area contributed by atoms with Gasteiger partial charge in [0.15, 0.2) is 0 Å². The Kier molecular flexibility index (Phi) is 5.63. The lowest BCUT2D eigenvalue weighted by molar-refractivity contribution is -0.424. The highest BCUT2D eigenvalue weighted by Gasteiger charge is 2.87. The van der Waals surface area contributed by atoms with Crippen LogP contribution in [0.4, 0.5) is 48.3 Å². The number of halogens is 11. The molecule has 1 rings (SSSR count). The second kappa shape index (κ2) is 6.49. The van der Waals surface area contributed by atoms with Gasteiger partial charge in [0, 0.05) is 0 Å². The molecular weight excluding hydrogens is 405 g/mol. The molecule has 0 aliphatic heterocycles. The van der Waals surface area contributed by atoms with E-state index in [1.807, 2.05) is 0 Å². The Bertz CT molecular complexity index is 659. The number of hydrogen-bond donors (Lipinski definition) is 1. The maximum Gasteiger partial charge on any atom is 0.460 e. The van der Waals surface area contributed by atoms with Crippen LogP contribution < -0.4 is 0 Å². The summed E-state index contributed by atoms with van der Waals surface area (Å²) in [5.41, 5.74) is -2.86. The Hall–Kier alpha value is -1.59. The summed E-state index contributed by atoms with van der Waals surface area (Å²) in [4.78, 5) is 0. The van der Waals surface area contributed by atoms with E-state index in [9.17, 15) is 53.4 Å². The molecule has 0 fully saturated rings. The Morgan fingerprint density at radius 2 is 1.11 bits per heavy atom. The lowest BCUT2D eigenvalue weighted by Gasteiger charge is -2.39. The number of hydrogen-bond acceptors (Lipinski definition) is 1. The first-order chi connectivity index (χ1) is 11.7. The predicted molar refractivity (Wildman–Crippen MR) is 71.2 cm³/mol. The predicted octanol–water partition coefficient (Wildman–Crippen LogP) is 5.70. The van der Waals surface area contributed by atoms with Crippen molar-refractivity contribution in [2.45, 2.75) is 55.7 Å². The molecule has 1 nitrogen and oxygen atoms in total. The molecule has 1 N–H and O–H groups in total. The van der Waals surface area contributed by atoms with E-state index in [2.05, 4.69) is 0 Å². The lowest BCUT2D eigenvalue weighted by atomic mass is 9.85. The Morgan fingerprint density at radius 3 is 1.48 bits per heavy atom. The zero-order valence-corrected chi connectivity index (χ0v) is 13.6. The molecule has 0 radical (unpaired) electrons. The molecule has 0 aliphatic rings. The minimum Gasteiger partial charge on any atom is -0.385 e. The molecule has 0 saturated heterocycles. The van der Waals surface area contributed by atoms with E-state index in [0.717, 1.165) is 12.1 Å². The Morgan fingerprint density at radius 1 is 0.704 bits per heavy atom. The number of benzene rings is 1. The summed E-state index contributed by atoms with van der Waals surface area (Å²) in [5.74, 6) is -28.2. The molecule has 12 heteroatoms. The van der Waals surface area contributed by atoms with Crippen molar-refractivity contribution < 1.29 is 53.4 Å². The van der Waals surface area contributed by atoms with Crippen molar-refractivity contribution in [2.24, 2.45) is 0 Å². The van der Waals surface area contributed by atoms with Gasteiger partial charge in [-0.1, -0.05) is 29.8 Å². The van der Waals surface area contributed by atoms with Crippen LogP contribution in [0.3, 0.4) is 0 Å². The van der Waals surface area contributed by atoms with Crippen LogP contribution in [0.25, 0.3) is 0 Å². The first kappa shape index (κ1) is 23.4. The standard InChI is InChI=1S/C15H13F11O/c1-8-3-5-9(6-4-8)10(2,27)7-11(16,17)12(18,19)13(20,21)14(22,23)15(24,25)26/h3-6,27H,7H2,1-2H3. The van der Waals surface area contributed by atoms with Crippen LogP contribution in [0, 0.1) is 6.92 Å². The van der Waals surface area contributed by atoms with Crippen molar-refractivity contribution in [3.8, 4) is 0 Å². The van der Waals surface area contributed by atoms with Gasteiger partial charge < -0.3 is 5.11 Å². The first-order valence-electron chi connectivity index (χ1n) is 7.08. The maximum absolute atomic E-state index is 13.8. The zero-order chi connectivity index (χ0) is 21.7. The van der Waals surface area contributed by atoms with Gasteiger partial charge in [0.2, 0.25) is 0 Å². The third-order valence-electron chi connectivity index (χ3n) is 3.84. The van der Waals surface area contributed by atoms with Gasteiger partial charge >= 0.3 is 29.9 Å². The number of aryl methyl sites for hydroxylation is 1. The van der Waals surface area contributed by atoms with Crippen LogP contribution in [0.5, 0.6) is 0 Å². The largest absolute Gasteiger partial charge is 0.460 e. The second-order valence-corrected chi connectivity index (χ2v) is 6.24. The summed E-state index contributed by atoms with van der Waals surface area (Å²) >= 11 is 0. The van der Waals surface area contributed by atoms with Gasteiger partial charge in [-0.2, -0.15) is 48.3 Å². The molecule has 1 atom stereocenters. The van der Waals surface area contributed by atoms with E-state index in [4.69, 9.17) is 0 Å². The molecule has 0 amide bonds. The van der Waals surface area contributed by atoms with Crippen molar-refractivity contribution in [3.63, 3.8) is 0 Å². The summed E-state index contributed by atoms with van der Waals surface area (Å²) in [7, 11) is 0. The molecule has 0 saturated carbocycles. The van der Waals surface area contributed by atoms with E-state index >= 15 is 0 Å². The lowest BCUT2D eigenvalue weighted by Crippen LogP contribution is -2.67. The van der Waals surface area contributed by atoms with E-state index in [1.165, 1.54) is 19.1 Å². The quantitative estimate of drug-likeness (QED) is 0.588. The topological polar surface area (TPSA) is 20.2 Å². The van der Waals surface area contributed by atoms with Crippen LogP contribution in [-0.4, -0.2) is 35.0 Å². The average Bonchev–Trinajstić information content (AvgIpc) is 2.44. The van der Waals surface area contributed by atoms with Gasteiger partial charge in [-0.25, -0.2) is 0 Å². The highest BCUT2D eigenvalue weighted by atomic mass is 19.4. The fourth-order valence-electron chi connectivity index (χ4n) is 2.16. The van der Waals surface area contributed by atoms with Crippen LogP contribution in [-0.2, 0) is 5.60 Å². The SMILES string of the molecule is Cc1ccc(C(C)(O)CC(F)(F)C(F)(F)C(F)(F)C(F)(F)C(F)(F)F)cc1. The minimum absolute atomic E-state index is 0.463. The molecule has 156 valence electrons. The van der Waals surface area contributed by atoms with Crippen molar-refractivity contribution in [3.05, 3.63) is 35.4 Å². The van der Waals surface area contributed by atoms with Gasteiger partial charge in [0.1, 0.15) is 0 Å². The number of alkyl halides is 11. The molecule has 0 aromatic heterocycles. The van der Waals surface area contributed by atoms with E-state index in [-0.39, 0.29) is 0 Å². The maximum atomic E-state index is 13.8. The van der Waals surface area contributed by atoms with E-state index in [1.54, 1.807) is 0 Å². The highest BCUT2D eigenvalue weighted by molar-refractivity contribution is 5.26. The van der Waals surface area contributed by atoms with Crippen LogP contribution >= 0.6 is 0 Å². The normalized spacial score (nSPS) is 17.0. The molecule has 1 aromatic carbocycles. The van der Waals surface area contributed by atoms with E-state index < -0.39 is 47.5 Å². The smallest absolute Gasteiger partial charge is 0.385 e. The molecule has 1 unspecified atom stereocenters. The second-order valence-electron chi connectivity index (χ2n) is 6.24. The molecule has 0 aliphatic carbocycles. The van der Waals surface area contributed by atoms with Gasteiger partial charge in [-0.15, -0.1) is 0 Å². The van der Waals surface area contributed by atoms with Crippen molar-refractivity contribution in [1.82, 2.24) is 0 Å². The molecule has 0 heterocycles. The third kappa shape index (κ3) is 3.85. The number of aliphatic hydroxyl groups is 1. The zero-order valence-electron chi connectivity index (χ0n) is 13.6. The van der Waals surface area contributed by atoms with Gasteiger partial charge in [0.05, 0.1) is 12.0 Å². The third-order valence-corrected chi connectivity index (χ3v) is 3.84. The molecule has 0 spiro atoms. The first-order valence-corrected chi connectivity index (χ1v) is 7.08. The summed E-state index contributed by atoms with van der Waals surface area (Å²) in [6.07, 6.45) is -9.75. The van der Waals surface area contributed by atoms with Gasteiger partial charge in [-0.3, -0.25) is 0 Å². The Balaban J connectivity index is 3.33. The summed E-state index contributed by atoms with van der Waals surface area (Å²) in [6.45, 7) is 2.03. The molecule has 0 bridgehead atoms. The molecule has 27 heavy (non-hydrogen) atoms. The molecular formula is C15H13F11O. The number of rotatable bonds is 6. The fraction of sp³-hybridized carbons (Fsp3) is 0.600. The van der Waals surface area contributed by atoms with Gasteiger partial charge in [-0.05, 0) is 19.4 Å². The summed E-state index contributed by atoms with van der Waals surface area (Å²) in [5, 5.41) is 9.94.